The first-order valence-corrected chi connectivity index (χ1v) is 5.05. The fourth-order valence-electron chi connectivity index (χ4n) is 1.65. The van der Waals surface area contributed by atoms with Gasteiger partial charge in [-0.15, -0.1) is 0 Å². The summed E-state index contributed by atoms with van der Waals surface area (Å²) in [7, 11) is 1.54. The summed E-state index contributed by atoms with van der Waals surface area (Å²) in [6.45, 7) is 1.81. The Morgan fingerprint density at radius 1 is 1.47 bits per heavy atom. The lowest BCUT2D eigenvalue weighted by Crippen LogP contribution is -2.06. The minimum atomic E-state index is -0.976. The van der Waals surface area contributed by atoms with Crippen LogP contribution in [0, 0.1) is 6.92 Å². The van der Waals surface area contributed by atoms with Crippen molar-refractivity contribution >= 4 is 5.97 Å². The smallest absolute Gasteiger partial charge is 0.337 e. The van der Waals surface area contributed by atoms with Crippen molar-refractivity contribution in [3.05, 3.63) is 42.0 Å². The average Bonchev–Trinajstić information content (AvgIpc) is 2.74. The molecule has 17 heavy (non-hydrogen) atoms. The van der Waals surface area contributed by atoms with E-state index >= 15 is 0 Å². The Bertz CT molecular complexity index is 561. The molecule has 0 aliphatic heterocycles. The third kappa shape index (κ3) is 1.99. The highest BCUT2D eigenvalue weighted by atomic mass is 16.5. The predicted octanol–water partition coefficient (Wildman–Crippen LogP) is 1.89. The molecule has 0 atom stereocenters. The highest BCUT2D eigenvalue weighted by Gasteiger charge is 2.13. The van der Waals surface area contributed by atoms with E-state index in [1.807, 2.05) is 6.92 Å². The van der Waals surface area contributed by atoms with Gasteiger partial charge in [0.15, 0.2) is 0 Å². The first-order chi connectivity index (χ1) is 8.13. The summed E-state index contributed by atoms with van der Waals surface area (Å²) in [6, 6.07) is 4.83. The normalized spacial score (nSPS) is 10.2. The maximum Gasteiger partial charge on any atom is 0.337 e. The fraction of sp³-hybridized carbons (Fsp3) is 0.167. The molecule has 0 bridgehead atoms. The van der Waals surface area contributed by atoms with Crippen LogP contribution >= 0.6 is 0 Å². The van der Waals surface area contributed by atoms with Gasteiger partial charge in [-0.05, 0) is 19.1 Å². The van der Waals surface area contributed by atoms with Gasteiger partial charge in [-0.1, -0.05) is 0 Å². The van der Waals surface area contributed by atoms with E-state index in [0.717, 1.165) is 5.82 Å². The van der Waals surface area contributed by atoms with E-state index in [4.69, 9.17) is 9.84 Å². The molecule has 5 nitrogen and oxygen atoms in total. The van der Waals surface area contributed by atoms with E-state index in [0.29, 0.717) is 11.4 Å². The summed E-state index contributed by atoms with van der Waals surface area (Å²) in [4.78, 5) is 15.2. The van der Waals surface area contributed by atoms with Crippen molar-refractivity contribution in [3.8, 4) is 11.4 Å². The largest absolute Gasteiger partial charge is 0.497 e. The van der Waals surface area contributed by atoms with E-state index < -0.39 is 5.97 Å². The summed E-state index contributed by atoms with van der Waals surface area (Å²) in [5.41, 5.74) is 0.763. The molecule has 88 valence electrons. The van der Waals surface area contributed by atoms with Crippen molar-refractivity contribution in [3.63, 3.8) is 0 Å². The van der Waals surface area contributed by atoms with Gasteiger partial charge in [0.25, 0.3) is 0 Å². The Labute approximate surface area is 98.3 Å². The molecule has 1 aromatic carbocycles. The van der Waals surface area contributed by atoms with Crippen LogP contribution in [0.4, 0.5) is 0 Å². The van der Waals surface area contributed by atoms with Crippen LogP contribution in [0.1, 0.15) is 16.2 Å². The van der Waals surface area contributed by atoms with E-state index in [9.17, 15) is 4.79 Å². The van der Waals surface area contributed by atoms with Crippen LogP contribution in [0.15, 0.2) is 30.6 Å². The first-order valence-electron chi connectivity index (χ1n) is 5.05. The molecule has 1 N–H and O–H groups in total. The van der Waals surface area contributed by atoms with Gasteiger partial charge < -0.3 is 14.4 Å². The second-order valence-electron chi connectivity index (χ2n) is 3.53. The fourth-order valence-corrected chi connectivity index (χ4v) is 1.65. The molecule has 1 heterocycles. The van der Waals surface area contributed by atoms with E-state index in [2.05, 4.69) is 4.98 Å². The number of hydrogen-bond donors (Lipinski definition) is 1. The van der Waals surface area contributed by atoms with Gasteiger partial charge in [-0.3, -0.25) is 0 Å². The van der Waals surface area contributed by atoms with Crippen molar-refractivity contribution in [2.24, 2.45) is 0 Å². The van der Waals surface area contributed by atoms with Crippen molar-refractivity contribution < 1.29 is 14.6 Å². The number of aromatic nitrogens is 2. The Kier molecular flexibility index (Phi) is 2.82. The van der Waals surface area contributed by atoms with E-state index in [-0.39, 0.29) is 5.56 Å². The second-order valence-corrected chi connectivity index (χ2v) is 3.53. The highest BCUT2D eigenvalue weighted by molar-refractivity contribution is 5.92. The van der Waals surface area contributed by atoms with Crippen LogP contribution in [0.25, 0.3) is 5.69 Å². The van der Waals surface area contributed by atoms with Gasteiger partial charge in [0, 0.05) is 18.5 Å². The number of carbonyl (C=O) groups is 1. The van der Waals surface area contributed by atoms with Gasteiger partial charge in [-0.25, -0.2) is 9.78 Å². The maximum atomic E-state index is 11.2. The predicted molar refractivity (Wildman–Crippen MR) is 61.8 cm³/mol. The summed E-state index contributed by atoms with van der Waals surface area (Å²) < 4.78 is 6.82. The number of carboxylic acids is 1. The summed E-state index contributed by atoms with van der Waals surface area (Å²) in [6.07, 6.45) is 3.34. The third-order valence-corrected chi connectivity index (χ3v) is 2.52. The SMILES string of the molecule is COc1ccc(C(=O)O)c(-n2ccnc2C)c1. The molecule has 0 amide bonds. The summed E-state index contributed by atoms with van der Waals surface area (Å²) in [5, 5.41) is 9.14. The Balaban J connectivity index is 2.65. The monoisotopic (exact) mass is 232 g/mol. The van der Waals surface area contributed by atoms with Gasteiger partial charge >= 0.3 is 5.97 Å². The van der Waals surface area contributed by atoms with Crippen LogP contribution in [0.5, 0.6) is 5.75 Å². The quantitative estimate of drug-likeness (QED) is 0.877. The Morgan fingerprint density at radius 3 is 2.76 bits per heavy atom. The minimum Gasteiger partial charge on any atom is -0.497 e. The van der Waals surface area contributed by atoms with Crippen LogP contribution in [0.3, 0.4) is 0 Å². The molecule has 0 saturated carbocycles. The first kappa shape index (κ1) is 11.2. The molecule has 0 spiro atoms. The van der Waals surface area contributed by atoms with Crippen molar-refractivity contribution in [2.75, 3.05) is 7.11 Å². The zero-order valence-electron chi connectivity index (χ0n) is 9.54. The number of benzene rings is 1. The zero-order valence-corrected chi connectivity index (χ0v) is 9.54. The van der Waals surface area contributed by atoms with E-state index in [1.165, 1.54) is 6.07 Å². The summed E-state index contributed by atoms with van der Waals surface area (Å²) >= 11 is 0. The lowest BCUT2D eigenvalue weighted by Gasteiger charge is -2.10. The Hall–Kier alpha value is -2.30. The third-order valence-electron chi connectivity index (χ3n) is 2.52. The minimum absolute atomic E-state index is 0.215. The number of ether oxygens (including phenoxy) is 1. The number of nitrogens with zero attached hydrogens (tertiary/aromatic N) is 2. The average molecular weight is 232 g/mol. The standard InChI is InChI=1S/C12H12N2O3/c1-8-13-5-6-14(8)11-7-9(17-2)3-4-10(11)12(15)16/h3-7H,1-2H3,(H,15,16). The lowest BCUT2D eigenvalue weighted by molar-refractivity contribution is 0.0697. The number of hydrogen-bond acceptors (Lipinski definition) is 3. The number of methoxy groups -OCH3 is 1. The van der Waals surface area contributed by atoms with Gasteiger partial charge in [0.1, 0.15) is 11.6 Å². The maximum absolute atomic E-state index is 11.2. The molecule has 0 fully saturated rings. The second kappa shape index (κ2) is 4.29. The number of aryl methyl sites for hydroxylation is 1. The highest BCUT2D eigenvalue weighted by Crippen LogP contribution is 2.22. The molecule has 0 saturated heterocycles. The van der Waals surface area contributed by atoms with Crippen molar-refractivity contribution in [1.29, 1.82) is 0 Å². The topological polar surface area (TPSA) is 64.3 Å². The number of imidazole rings is 1. The molecular weight excluding hydrogens is 220 g/mol. The van der Waals surface area contributed by atoms with Gasteiger partial charge in [-0.2, -0.15) is 0 Å². The molecule has 1 aromatic heterocycles. The number of rotatable bonds is 3. The van der Waals surface area contributed by atoms with Gasteiger partial charge in [0.05, 0.1) is 18.4 Å². The van der Waals surface area contributed by atoms with Crippen LogP contribution in [0.2, 0.25) is 0 Å². The molecule has 0 unspecified atom stereocenters. The van der Waals surface area contributed by atoms with Crippen LogP contribution in [-0.4, -0.2) is 27.7 Å². The van der Waals surface area contributed by atoms with Crippen LogP contribution in [-0.2, 0) is 0 Å². The molecular formula is C12H12N2O3. The molecule has 5 heteroatoms. The van der Waals surface area contributed by atoms with Crippen molar-refractivity contribution in [2.45, 2.75) is 6.92 Å². The van der Waals surface area contributed by atoms with Gasteiger partial charge in [0.2, 0.25) is 0 Å². The number of aromatic carboxylic acids is 1. The molecule has 2 aromatic rings. The number of carboxylic acid groups (broad SMARTS) is 1. The Morgan fingerprint density at radius 2 is 2.24 bits per heavy atom. The molecule has 0 aliphatic rings. The lowest BCUT2D eigenvalue weighted by atomic mass is 10.1. The van der Waals surface area contributed by atoms with Crippen LogP contribution < -0.4 is 4.74 Å². The summed E-state index contributed by atoms with van der Waals surface area (Å²) in [5.74, 6) is 0.356. The van der Waals surface area contributed by atoms with Crippen molar-refractivity contribution in [1.82, 2.24) is 9.55 Å². The zero-order chi connectivity index (χ0) is 12.4. The molecule has 2 rings (SSSR count). The van der Waals surface area contributed by atoms with E-state index in [1.54, 1.807) is 36.2 Å². The molecule has 0 aliphatic carbocycles. The molecule has 0 radical (unpaired) electrons.